The number of anilines is 1. The number of nitrogens with one attached hydrogen (secondary N) is 3. The first-order valence-corrected chi connectivity index (χ1v) is 13.1. The summed E-state index contributed by atoms with van der Waals surface area (Å²) in [5.74, 6) is -0.367. The first-order chi connectivity index (χ1) is 16.8. The van der Waals surface area contributed by atoms with Crippen LogP contribution in [0.4, 0.5) is 5.13 Å². The van der Waals surface area contributed by atoms with E-state index in [0.717, 1.165) is 34.0 Å². The molecule has 3 heterocycles. The summed E-state index contributed by atoms with van der Waals surface area (Å²) in [6.45, 7) is 9.63. The van der Waals surface area contributed by atoms with Crippen LogP contribution < -0.4 is 15.5 Å². The van der Waals surface area contributed by atoms with Gasteiger partial charge < -0.3 is 25.3 Å². The summed E-state index contributed by atoms with van der Waals surface area (Å²) in [5.41, 5.74) is 2.07. The van der Waals surface area contributed by atoms with Crippen LogP contribution in [0.1, 0.15) is 60.8 Å². The Morgan fingerprint density at radius 2 is 2.09 bits per heavy atom. The fourth-order valence-electron chi connectivity index (χ4n) is 4.30. The van der Waals surface area contributed by atoms with E-state index in [0.29, 0.717) is 30.3 Å². The number of carbonyl (C=O) groups is 2. The average Bonchev–Trinajstić information content (AvgIpc) is 3.43. The summed E-state index contributed by atoms with van der Waals surface area (Å²) >= 11 is 7.62. The van der Waals surface area contributed by atoms with Crippen molar-refractivity contribution in [2.24, 2.45) is 0 Å². The van der Waals surface area contributed by atoms with Gasteiger partial charge in [0.1, 0.15) is 0 Å². The zero-order valence-corrected chi connectivity index (χ0v) is 21.9. The molecule has 1 fully saturated rings. The lowest BCUT2D eigenvalue weighted by Gasteiger charge is -2.40. The average molecular weight is 519 g/mol. The number of rotatable bonds is 8. The molecule has 1 aromatic carbocycles. The van der Waals surface area contributed by atoms with E-state index < -0.39 is 0 Å². The maximum Gasteiger partial charge on any atom is 0.339 e. The van der Waals surface area contributed by atoms with Crippen molar-refractivity contribution in [1.29, 1.82) is 0 Å². The van der Waals surface area contributed by atoms with E-state index in [4.69, 9.17) is 21.3 Å². The topological polar surface area (TPSA) is 112 Å². The maximum atomic E-state index is 12.9. The lowest BCUT2D eigenvalue weighted by molar-refractivity contribution is 0.0528. The van der Waals surface area contributed by atoms with Crippen LogP contribution in [0.2, 0.25) is 5.15 Å². The standard InChI is InChI=1S/C24H31ClN6O3S/c1-5-15-20(25)30-21(27-15)22(32)28-16-10-11-31(12-18(16)26-13(3)4)24-29-17-9-7-8-14(19(17)35-24)23(33)34-6-2/h7-9,13,16,18,26H,5-6,10-12H2,1-4H3,(H,27,30)(H,28,32)/t16-,18+/m1/s1. The third-order valence-corrected chi connectivity index (χ3v) is 7.42. The Labute approximate surface area is 213 Å². The van der Waals surface area contributed by atoms with Gasteiger partial charge in [-0.15, -0.1) is 0 Å². The van der Waals surface area contributed by atoms with Crippen molar-refractivity contribution in [1.82, 2.24) is 25.6 Å². The van der Waals surface area contributed by atoms with E-state index in [1.807, 2.05) is 19.1 Å². The molecule has 0 bridgehead atoms. The Kier molecular flexibility index (Phi) is 7.93. The van der Waals surface area contributed by atoms with Gasteiger partial charge in [-0.05, 0) is 31.9 Å². The van der Waals surface area contributed by atoms with Gasteiger partial charge in [0, 0.05) is 31.2 Å². The zero-order chi connectivity index (χ0) is 25.1. The molecular weight excluding hydrogens is 488 g/mol. The highest BCUT2D eigenvalue weighted by Crippen LogP contribution is 2.33. The highest BCUT2D eigenvalue weighted by molar-refractivity contribution is 7.22. The molecule has 0 aliphatic carbocycles. The zero-order valence-electron chi connectivity index (χ0n) is 20.4. The number of aromatic amines is 1. The van der Waals surface area contributed by atoms with Gasteiger partial charge >= 0.3 is 5.97 Å². The van der Waals surface area contributed by atoms with Crippen molar-refractivity contribution in [3.63, 3.8) is 0 Å². The molecule has 2 aromatic heterocycles. The Morgan fingerprint density at radius 3 is 2.77 bits per heavy atom. The summed E-state index contributed by atoms with van der Waals surface area (Å²) in [4.78, 5) is 39.5. The molecule has 35 heavy (non-hydrogen) atoms. The summed E-state index contributed by atoms with van der Waals surface area (Å²) in [5, 5.41) is 7.90. The number of hydrogen-bond donors (Lipinski definition) is 3. The predicted octanol–water partition coefficient (Wildman–Crippen LogP) is 3.79. The molecule has 0 unspecified atom stereocenters. The quantitative estimate of drug-likeness (QED) is 0.389. The number of carbonyl (C=O) groups excluding carboxylic acids is 2. The Bertz CT molecular complexity index is 1210. The maximum absolute atomic E-state index is 12.9. The molecule has 2 atom stereocenters. The van der Waals surface area contributed by atoms with Gasteiger partial charge in [-0.1, -0.05) is 49.8 Å². The molecule has 1 saturated heterocycles. The first-order valence-electron chi connectivity index (χ1n) is 11.9. The number of amides is 1. The van der Waals surface area contributed by atoms with Gasteiger partial charge in [-0.3, -0.25) is 4.79 Å². The number of thiazole rings is 1. The normalized spacial score (nSPS) is 18.3. The Morgan fingerprint density at radius 1 is 1.29 bits per heavy atom. The molecule has 11 heteroatoms. The number of esters is 1. The SMILES string of the molecule is CCOC(=O)c1cccc2nc(N3CC[C@@H](NC(=O)c4nc(Cl)c(CC)[nH]4)[C@@H](NC(C)C)C3)sc12. The lowest BCUT2D eigenvalue weighted by Crippen LogP contribution is -2.60. The molecule has 3 aromatic rings. The van der Waals surface area contributed by atoms with Crippen LogP contribution in [-0.2, 0) is 11.2 Å². The molecule has 0 radical (unpaired) electrons. The highest BCUT2D eigenvalue weighted by atomic mass is 35.5. The Balaban J connectivity index is 1.52. The Hall–Kier alpha value is -2.69. The fraction of sp³-hybridized carbons (Fsp3) is 0.500. The van der Waals surface area contributed by atoms with E-state index in [-0.39, 0.29) is 35.8 Å². The van der Waals surface area contributed by atoms with E-state index in [1.54, 1.807) is 13.0 Å². The van der Waals surface area contributed by atoms with Crippen LogP contribution in [-0.4, -0.2) is 64.7 Å². The molecule has 4 rings (SSSR count). The van der Waals surface area contributed by atoms with Crippen LogP contribution in [0.15, 0.2) is 18.2 Å². The number of aryl methyl sites for hydroxylation is 1. The van der Waals surface area contributed by atoms with E-state index in [1.165, 1.54) is 11.3 Å². The third-order valence-electron chi connectivity index (χ3n) is 5.94. The van der Waals surface area contributed by atoms with Gasteiger partial charge in [0.2, 0.25) is 0 Å². The molecule has 1 amide bonds. The van der Waals surface area contributed by atoms with Crippen LogP contribution >= 0.6 is 22.9 Å². The van der Waals surface area contributed by atoms with Crippen molar-refractivity contribution < 1.29 is 14.3 Å². The summed E-state index contributed by atoms with van der Waals surface area (Å²) in [7, 11) is 0. The number of nitrogens with zero attached hydrogens (tertiary/aromatic N) is 3. The molecule has 9 nitrogen and oxygen atoms in total. The molecule has 0 saturated carbocycles. The van der Waals surface area contributed by atoms with Crippen LogP contribution in [0.5, 0.6) is 0 Å². The van der Waals surface area contributed by atoms with Crippen LogP contribution in [0, 0.1) is 0 Å². The van der Waals surface area contributed by atoms with Crippen molar-refractivity contribution in [2.45, 2.75) is 58.7 Å². The van der Waals surface area contributed by atoms with Gasteiger partial charge in [-0.2, -0.15) is 0 Å². The number of imidazole rings is 1. The van der Waals surface area contributed by atoms with E-state index >= 15 is 0 Å². The third kappa shape index (κ3) is 5.60. The molecule has 0 spiro atoms. The number of ether oxygens (including phenoxy) is 1. The molecule has 188 valence electrons. The first kappa shape index (κ1) is 25.4. The molecular formula is C24H31ClN6O3S. The van der Waals surface area contributed by atoms with E-state index in [2.05, 4.69) is 39.3 Å². The van der Waals surface area contributed by atoms with Crippen LogP contribution in [0.25, 0.3) is 10.2 Å². The number of piperidine rings is 1. The lowest BCUT2D eigenvalue weighted by atomic mass is 9.98. The summed E-state index contributed by atoms with van der Waals surface area (Å²) in [6, 6.07) is 5.66. The number of halogens is 1. The summed E-state index contributed by atoms with van der Waals surface area (Å²) in [6.07, 6.45) is 1.40. The number of fused-ring (bicyclic) bond motifs is 1. The monoisotopic (exact) mass is 518 g/mol. The van der Waals surface area contributed by atoms with Crippen molar-refractivity contribution in [2.75, 3.05) is 24.6 Å². The van der Waals surface area contributed by atoms with Gasteiger partial charge in [0.15, 0.2) is 16.1 Å². The minimum atomic E-state index is -0.335. The van der Waals surface area contributed by atoms with Gasteiger partial charge in [0.05, 0.1) is 28.1 Å². The van der Waals surface area contributed by atoms with Gasteiger partial charge in [-0.25, -0.2) is 14.8 Å². The highest BCUT2D eigenvalue weighted by Gasteiger charge is 2.33. The predicted molar refractivity (Wildman–Crippen MR) is 139 cm³/mol. The molecule has 1 aliphatic rings. The number of aromatic nitrogens is 3. The number of hydrogen-bond acceptors (Lipinski definition) is 8. The van der Waals surface area contributed by atoms with Crippen LogP contribution in [0.3, 0.4) is 0 Å². The minimum Gasteiger partial charge on any atom is -0.462 e. The smallest absolute Gasteiger partial charge is 0.339 e. The van der Waals surface area contributed by atoms with Crippen molar-refractivity contribution in [3.05, 3.63) is 40.4 Å². The van der Waals surface area contributed by atoms with E-state index in [9.17, 15) is 9.59 Å². The number of benzene rings is 1. The second-order valence-electron chi connectivity index (χ2n) is 8.82. The second-order valence-corrected chi connectivity index (χ2v) is 10.2. The van der Waals surface area contributed by atoms with Crippen molar-refractivity contribution >= 4 is 50.2 Å². The molecule has 3 N–H and O–H groups in total. The molecule has 1 aliphatic heterocycles. The largest absolute Gasteiger partial charge is 0.462 e. The van der Waals surface area contributed by atoms with Crippen molar-refractivity contribution in [3.8, 4) is 0 Å². The second kappa shape index (κ2) is 10.9. The fourth-order valence-corrected chi connectivity index (χ4v) is 5.67. The summed E-state index contributed by atoms with van der Waals surface area (Å²) < 4.78 is 6.04. The van der Waals surface area contributed by atoms with Gasteiger partial charge in [0.25, 0.3) is 5.91 Å². The number of H-pyrrole nitrogens is 1. The minimum absolute atomic E-state index is 0.000295.